The first-order valence-corrected chi connectivity index (χ1v) is 6.13. The van der Waals surface area contributed by atoms with Crippen LogP contribution in [0.4, 0.5) is 0 Å². The average Bonchev–Trinajstić information content (AvgIpc) is 2.62. The van der Waals surface area contributed by atoms with Crippen LogP contribution < -0.4 is 0 Å². The van der Waals surface area contributed by atoms with E-state index in [0.29, 0.717) is 17.0 Å². The summed E-state index contributed by atoms with van der Waals surface area (Å²) in [6, 6.07) is 7.46. The van der Waals surface area contributed by atoms with Crippen LogP contribution >= 0.6 is 27.5 Å². The zero-order valence-electron chi connectivity index (χ0n) is 8.08. The highest BCUT2D eigenvalue weighted by atomic mass is 79.9. The van der Waals surface area contributed by atoms with Crippen molar-refractivity contribution in [3.05, 3.63) is 41.8 Å². The van der Waals surface area contributed by atoms with Gasteiger partial charge in [-0.3, -0.25) is 0 Å². The maximum atomic E-state index is 5.83. The highest BCUT2D eigenvalue weighted by molar-refractivity contribution is 9.09. The molecule has 1 aliphatic rings. The molecule has 1 heterocycles. The van der Waals surface area contributed by atoms with Crippen LogP contribution in [0.25, 0.3) is 0 Å². The molecule has 1 radical (unpaired) electrons. The van der Waals surface area contributed by atoms with E-state index in [4.69, 9.17) is 21.1 Å². The van der Waals surface area contributed by atoms with Crippen molar-refractivity contribution < 1.29 is 9.47 Å². The Hall–Kier alpha value is -0.0900. The molecule has 0 aliphatic carbocycles. The fraction of sp³-hybridized carbons (Fsp3) is 0.364. The van der Waals surface area contributed by atoms with E-state index < -0.39 is 5.79 Å². The quantitative estimate of drug-likeness (QED) is 0.779. The monoisotopic (exact) mass is 289 g/mol. The van der Waals surface area contributed by atoms with Gasteiger partial charge in [-0.05, 0) is 19.1 Å². The van der Waals surface area contributed by atoms with E-state index in [-0.39, 0.29) is 6.10 Å². The number of halogens is 2. The van der Waals surface area contributed by atoms with Crippen LogP contribution in [0, 0.1) is 6.92 Å². The molecule has 1 aromatic rings. The largest absolute Gasteiger partial charge is 0.342 e. The first kappa shape index (κ1) is 11.4. The summed E-state index contributed by atoms with van der Waals surface area (Å²) in [6.07, 6.45) is -0.127. The normalized spacial score (nSPS) is 30.7. The summed E-state index contributed by atoms with van der Waals surface area (Å²) in [4.78, 5) is 0. The molecule has 1 saturated heterocycles. The smallest absolute Gasteiger partial charge is 0.205 e. The van der Waals surface area contributed by atoms with Gasteiger partial charge in [-0.1, -0.05) is 39.7 Å². The molecule has 15 heavy (non-hydrogen) atoms. The Bertz CT molecular complexity index is 341. The maximum Gasteiger partial charge on any atom is 0.205 e. The standard InChI is InChI=1S/C11H11BrClO2/c1-8-6-14-11(7-12,15-8)9-2-4-10(13)5-3-9/h2-5,8H,1,6-7H2. The third kappa shape index (κ3) is 2.21. The van der Waals surface area contributed by atoms with Crippen molar-refractivity contribution in [2.24, 2.45) is 0 Å². The van der Waals surface area contributed by atoms with Crippen molar-refractivity contribution in [1.29, 1.82) is 0 Å². The molecule has 0 aromatic heterocycles. The summed E-state index contributed by atoms with van der Waals surface area (Å²) >= 11 is 9.24. The second-order valence-electron chi connectivity index (χ2n) is 3.44. The van der Waals surface area contributed by atoms with Crippen molar-refractivity contribution in [2.45, 2.75) is 11.9 Å². The van der Waals surface area contributed by atoms with Gasteiger partial charge < -0.3 is 9.47 Å². The van der Waals surface area contributed by atoms with Gasteiger partial charge in [0.15, 0.2) is 0 Å². The first-order valence-electron chi connectivity index (χ1n) is 4.63. The lowest BCUT2D eigenvalue weighted by Crippen LogP contribution is -2.29. The van der Waals surface area contributed by atoms with Crippen molar-refractivity contribution >= 4 is 27.5 Å². The third-order valence-corrected chi connectivity index (χ3v) is 3.31. The van der Waals surface area contributed by atoms with E-state index in [2.05, 4.69) is 22.9 Å². The van der Waals surface area contributed by atoms with Gasteiger partial charge in [0.05, 0.1) is 18.0 Å². The molecular formula is C11H11BrClO2. The van der Waals surface area contributed by atoms with Gasteiger partial charge in [-0.2, -0.15) is 0 Å². The number of hydrogen-bond donors (Lipinski definition) is 0. The molecule has 81 valence electrons. The Labute approximate surface area is 103 Å². The number of alkyl halides is 1. The number of benzene rings is 1. The van der Waals surface area contributed by atoms with E-state index >= 15 is 0 Å². The minimum Gasteiger partial charge on any atom is -0.342 e. The Morgan fingerprint density at radius 1 is 1.47 bits per heavy atom. The molecule has 2 nitrogen and oxygen atoms in total. The van der Waals surface area contributed by atoms with Gasteiger partial charge in [0, 0.05) is 10.6 Å². The lowest BCUT2D eigenvalue weighted by Gasteiger charge is -2.26. The summed E-state index contributed by atoms with van der Waals surface area (Å²) in [5.41, 5.74) is 0.954. The molecule has 1 aliphatic heterocycles. The highest BCUT2D eigenvalue weighted by Gasteiger charge is 2.40. The van der Waals surface area contributed by atoms with Crippen molar-refractivity contribution in [2.75, 3.05) is 11.9 Å². The van der Waals surface area contributed by atoms with E-state index in [1.54, 1.807) is 0 Å². The zero-order valence-corrected chi connectivity index (χ0v) is 10.4. The average molecular weight is 291 g/mol. The fourth-order valence-corrected chi connectivity index (χ4v) is 2.31. The summed E-state index contributed by atoms with van der Waals surface area (Å²) < 4.78 is 11.4. The molecular weight excluding hydrogens is 279 g/mol. The van der Waals surface area contributed by atoms with Crippen LogP contribution in [0.2, 0.25) is 5.02 Å². The SMILES string of the molecule is [CH2]C1COC(CBr)(c2ccc(Cl)cc2)O1. The van der Waals surface area contributed by atoms with E-state index in [0.717, 1.165) is 5.56 Å². The zero-order chi connectivity index (χ0) is 10.9. The molecule has 0 saturated carbocycles. The van der Waals surface area contributed by atoms with Gasteiger partial charge in [0.25, 0.3) is 0 Å². The molecule has 2 atom stereocenters. The Morgan fingerprint density at radius 2 is 2.13 bits per heavy atom. The molecule has 0 bridgehead atoms. The summed E-state index contributed by atoms with van der Waals surface area (Å²) in [5.74, 6) is -0.711. The van der Waals surface area contributed by atoms with Crippen LogP contribution in [0.3, 0.4) is 0 Å². The maximum absolute atomic E-state index is 5.83. The van der Waals surface area contributed by atoms with Gasteiger partial charge in [-0.15, -0.1) is 0 Å². The van der Waals surface area contributed by atoms with Crippen molar-refractivity contribution in [3.63, 3.8) is 0 Å². The lowest BCUT2D eigenvalue weighted by molar-refractivity contribution is -0.152. The van der Waals surface area contributed by atoms with E-state index in [9.17, 15) is 0 Å². The van der Waals surface area contributed by atoms with E-state index in [1.165, 1.54) is 0 Å². The van der Waals surface area contributed by atoms with Gasteiger partial charge in [0.2, 0.25) is 5.79 Å². The third-order valence-electron chi connectivity index (χ3n) is 2.32. The Morgan fingerprint density at radius 3 is 2.60 bits per heavy atom. The molecule has 0 spiro atoms. The van der Waals surface area contributed by atoms with E-state index in [1.807, 2.05) is 24.3 Å². The van der Waals surface area contributed by atoms with Gasteiger partial charge in [-0.25, -0.2) is 0 Å². The first-order chi connectivity index (χ1) is 7.16. The molecule has 1 fully saturated rings. The predicted octanol–water partition coefficient (Wildman–Crippen LogP) is 3.14. The molecule has 2 rings (SSSR count). The molecule has 2 unspecified atom stereocenters. The summed E-state index contributed by atoms with van der Waals surface area (Å²) in [6.45, 7) is 4.34. The van der Waals surface area contributed by atoms with Crippen LogP contribution in [-0.2, 0) is 15.3 Å². The predicted molar refractivity (Wildman–Crippen MR) is 63.1 cm³/mol. The van der Waals surface area contributed by atoms with Crippen molar-refractivity contribution in [3.8, 4) is 0 Å². The molecule has 0 amide bonds. The molecule has 4 heteroatoms. The summed E-state index contributed by atoms with van der Waals surface area (Å²) in [5, 5.41) is 1.28. The van der Waals surface area contributed by atoms with Crippen molar-refractivity contribution in [1.82, 2.24) is 0 Å². The number of hydrogen-bond acceptors (Lipinski definition) is 2. The number of ether oxygens (including phenoxy) is 2. The minimum absolute atomic E-state index is 0.127. The van der Waals surface area contributed by atoms with Crippen LogP contribution in [0.1, 0.15) is 5.56 Å². The lowest BCUT2D eigenvalue weighted by atomic mass is 10.1. The Balaban J connectivity index is 2.30. The van der Waals surface area contributed by atoms with Gasteiger partial charge in [0.1, 0.15) is 0 Å². The topological polar surface area (TPSA) is 18.5 Å². The summed E-state index contributed by atoms with van der Waals surface area (Å²) in [7, 11) is 0. The molecule has 0 N–H and O–H groups in total. The Kier molecular flexibility index (Phi) is 3.36. The van der Waals surface area contributed by atoms with Gasteiger partial charge >= 0.3 is 0 Å². The minimum atomic E-state index is -0.711. The number of rotatable bonds is 2. The molecule has 1 aromatic carbocycles. The second kappa shape index (κ2) is 4.42. The van der Waals surface area contributed by atoms with Crippen LogP contribution in [0.5, 0.6) is 0 Å². The highest BCUT2D eigenvalue weighted by Crippen LogP contribution is 2.36. The second-order valence-corrected chi connectivity index (χ2v) is 4.44. The van der Waals surface area contributed by atoms with Crippen LogP contribution in [0.15, 0.2) is 24.3 Å². The van der Waals surface area contributed by atoms with Crippen LogP contribution in [-0.4, -0.2) is 18.0 Å². The fourth-order valence-electron chi connectivity index (χ4n) is 1.57.